The van der Waals surface area contributed by atoms with E-state index in [-0.39, 0.29) is 30.3 Å². The molecule has 5 heteroatoms. The Balaban J connectivity index is 1.40. The van der Waals surface area contributed by atoms with Crippen LogP contribution in [0.3, 0.4) is 0 Å². The minimum atomic E-state index is -0.364. The highest BCUT2D eigenvalue weighted by Crippen LogP contribution is 2.23. The van der Waals surface area contributed by atoms with Crippen molar-refractivity contribution in [2.24, 2.45) is 0 Å². The molecule has 0 aromatic heterocycles. The van der Waals surface area contributed by atoms with E-state index in [1.807, 2.05) is 30.3 Å². The molecule has 0 heterocycles. The van der Waals surface area contributed by atoms with Crippen molar-refractivity contribution in [1.29, 1.82) is 0 Å². The van der Waals surface area contributed by atoms with Gasteiger partial charge in [0, 0.05) is 10.9 Å². The first-order valence-electron chi connectivity index (χ1n) is 8.77. The molecule has 1 N–H and O–H groups in total. The van der Waals surface area contributed by atoms with Gasteiger partial charge >= 0.3 is 5.97 Å². The number of nitrogens with one attached hydrogen (secondary N) is 1. The molecule has 0 unspecified atom stereocenters. The standard InChI is InChI=1S/C20H23NO3S/c22-19(21-17-8-2-1-3-9-17)13-24-20(23)14-25-18-11-10-15-6-4-5-7-16(15)12-18/h4-7,10-12,17H,1-3,8-9,13-14H2,(H,21,22). The lowest BCUT2D eigenvalue weighted by molar-refractivity contribution is -0.146. The van der Waals surface area contributed by atoms with Crippen LogP contribution in [0, 0.1) is 0 Å². The van der Waals surface area contributed by atoms with Crippen LogP contribution in [-0.2, 0) is 14.3 Å². The maximum atomic E-state index is 11.9. The quantitative estimate of drug-likeness (QED) is 0.629. The fourth-order valence-electron chi connectivity index (χ4n) is 3.10. The Morgan fingerprint density at radius 2 is 1.80 bits per heavy atom. The summed E-state index contributed by atoms with van der Waals surface area (Å²) in [5.41, 5.74) is 0. The van der Waals surface area contributed by atoms with Gasteiger partial charge in [-0.2, -0.15) is 0 Å². The van der Waals surface area contributed by atoms with Gasteiger partial charge in [-0.3, -0.25) is 9.59 Å². The van der Waals surface area contributed by atoms with Crippen molar-refractivity contribution in [2.75, 3.05) is 12.4 Å². The van der Waals surface area contributed by atoms with E-state index >= 15 is 0 Å². The van der Waals surface area contributed by atoms with Gasteiger partial charge in [-0.05, 0) is 35.7 Å². The summed E-state index contributed by atoms with van der Waals surface area (Å²) < 4.78 is 5.08. The van der Waals surface area contributed by atoms with Crippen LogP contribution in [0.25, 0.3) is 10.8 Å². The normalized spacial score (nSPS) is 15.0. The first kappa shape index (κ1) is 17.8. The summed E-state index contributed by atoms with van der Waals surface area (Å²) in [4.78, 5) is 24.7. The Labute approximate surface area is 152 Å². The van der Waals surface area contributed by atoms with Gasteiger partial charge in [-0.25, -0.2) is 0 Å². The maximum Gasteiger partial charge on any atom is 0.316 e. The van der Waals surface area contributed by atoms with Crippen LogP contribution in [0.5, 0.6) is 0 Å². The molecule has 4 nitrogen and oxygen atoms in total. The van der Waals surface area contributed by atoms with Crippen LogP contribution in [0.1, 0.15) is 32.1 Å². The van der Waals surface area contributed by atoms with Gasteiger partial charge in [0.1, 0.15) is 0 Å². The first-order valence-corrected chi connectivity index (χ1v) is 9.76. The van der Waals surface area contributed by atoms with Crippen molar-refractivity contribution in [3.8, 4) is 0 Å². The Hall–Kier alpha value is -2.01. The highest BCUT2D eigenvalue weighted by atomic mass is 32.2. The number of hydrogen-bond acceptors (Lipinski definition) is 4. The second-order valence-electron chi connectivity index (χ2n) is 6.36. The number of fused-ring (bicyclic) bond motifs is 1. The van der Waals surface area contributed by atoms with Crippen LogP contribution < -0.4 is 5.32 Å². The molecule has 3 rings (SSSR count). The fourth-order valence-corrected chi connectivity index (χ4v) is 3.85. The predicted molar refractivity (Wildman–Crippen MR) is 101 cm³/mol. The molecule has 2 aromatic rings. The number of carbonyl (C=O) groups is 2. The zero-order valence-electron chi connectivity index (χ0n) is 14.2. The molecule has 1 amide bonds. The Morgan fingerprint density at radius 1 is 1.04 bits per heavy atom. The smallest absolute Gasteiger partial charge is 0.316 e. The molecule has 0 saturated heterocycles. The van der Waals surface area contributed by atoms with Gasteiger partial charge in [0.05, 0.1) is 5.75 Å². The number of rotatable bonds is 6. The summed E-state index contributed by atoms with van der Waals surface area (Å²) >= 11 is 1.42. The van der Waals surface area contributed by atoms with Gasteiger partial charge < -0.3 is 10.1 Å². The summed E-state index contributed by atoms with van der Waals surface area (Å²) in [7, 11) is 0. The zero-order chi connectivity index (χ0) is 17.5. The molecule has 1 fully saturated rings. The number of ether oxygens (including phenoxy) is 1. The summed E-state index contributed by atoms with van der Waals surface area (Å²) in [5, 5.41) is 5.27. The molecular formula is C20H23NO3S. The maximum absolute atomic E-state index is 11.9. The molecule has 0 radical (unpaired) electrons. The Bertz CT molecular complexity index is 741. The van der Waals surface area contributed by atoms with Gasteiger partial charge in [0.2, 0.25) is 0 Å². The third kappa shape index (κ3) is 5.49. The molecule has 0 bridgehead atoms. The van der Waals surface area contributed by atoms with E-state index in [9.17, 15) is 9.59 Å². The topological polar surface area (TPSA) is 55.4 Å². The zero-order valence-corrected chi connectivity index (χ0v) is 15.0. The van der Waals surface area contributed by atoms with Crippen molar-refractivity contribution in [2.45, 2.75) is 43.0 Å². The second kappa shape index (κ2) is 8.90. The van der Waals surface area contributed by atoms with Gasteiger partial charge in [0.25, 0.3) is 5.91 Å². The van der Waals surface area contributed by atoms with E-state index in [0.717, 1.165) is 36.0 Å². The highest BCUT2D eigenvalue weighted by Gasteiger charge is 2.16. The van der Waals surface area contributed by atoms with Gasteiger partial charge in [0.15, 0.2) is 6.61 Å². The third-order valence-corrected chi connectivity index (χ3v) is 5.38. The van der Waals surface area contributed by atoms with E-state index < -0.39 is 0 Å². The number of esters is 1. The number of thioether (sulfide) groups is 1. The van der Waals surface area contributed by atoms with E-state index in [1.165, 1.54) is 23.6 Å². The Kier molecular flexibility index (Phi) is 6.34. The van der Waals surface area contributed by atoms with Crippen LogP contribution in [-0.4, -0.2) is 30.3 Å². The summed E-state index contributed by atoms with van der Waals surface area (Å²) in [6, 6.07) is 14.4. The van der Waals surface area contributed by atoms with Crippen LogP contribution in [0.2, 0.25) is 0 Å². The van der Waals surface area contributed by atoms with Crippen molar-refractivity contribution in [3.05, 3.63) is 42.5 Å². The van der Waals surface area contributed by atoms with Crippen molar-refractivity contribution in [3.63, 3.8) is 0 Å². The molecule has 0 atom stereocenters. The minimum Gasteiger partial charge on any atom is -0.455 e. The summed E-state index contributed by atoms with van der Waals surface area (Å²) in [5.74, 6) is -0.359. The molecule has 132 valence electrons. The first-order chi connectivity index (χ1) is 12.2. The average molecular weight is 357 g/mol. The summed E-state index contributed by atoms with van der Waals surface area (Å²) in [6.07, 6.45) is 5.61. The lowest BCUT2D eigenvalue weighted by Gasteiger charge is -2.22. The molecule has 1 aliphatic rings. The molecule has 0 aliphatic heterocycles. The fraction of sp³-hybridized carbons (Fsp3) is 0.400. The monoisotopic (exact) mass is 357 g/mol. The number of hydrogen-bond donors (Lipinski definition) is 1. The van der Waals surface area contributed by atoms with E-state index in [1.54, 1.807) is 0 Å². The second-order valence-corrected chi connectivity index (χ2v) is 7.41. The highest BCUT2D eigenvalue weighted by molar-refractivity contribution is 8.00. The average Bonchev–Trinajstić information content (AvgIpc) is 2.65. The number of benzene rings is 2. The molecule has 1 aliphatic carbocycles. The number of amides is 1. The number of carbonyl (C=O) groups excluding carboxylic acids is 2. The third-order valence-electron chi connectivity index (χ3n) is 4.41. The van der Waals surface area contributed by atoms with Crippen molar-refractivity contribution < 1.29 is 14.3 Å². The van der Waals surface area contributed by atoms with Crippen molar-refractivity contribution >= 4 is 34.4 Å². The van der Waals surface area contributed by atoms with Crippen LogP contribution in [0.15, 0.2) is 47.4 Å². The molecule has 2 aromatic carbocycles. The van der Waals surface area contributed by atoms with Crippen LogP contribution in [0.4, 0.5) is 0 Å². The molecule has 25 heavy (non-hydrogen) atoms. The van der Waals surface area contributed by atoms with E-state index in [0.29, 0.717) is 0 Å². The van der Waals surface area contributed by atoms with Gasteiger partial charge in [-0.1, -0.05) is 49.6 Å². The van der Waals surface area contributed by atoms with Gasteiger partial charge in [-0.15, -0.1) is 11.8 Å². The molecule has 1 saturated carbocycles. The SMILES string of the molecule is O=C(COC(=O)CSc1ccc2ccccc2c1)NC1CCCCC1. The largest absolute Gasteiger partial charge is 0.455 e. The lowest BCUT2D eigenvalue weighted by Crippen LogP contribution is -2.38. The predicted octanol–water partition coefficient (Wildman–Crippen LogP) is 3.92. The minimum absolute atomic E-state index is 0.187. The summed E-state index contributed by atoms with van der Waals surface area (Å²) in [6.45, 7) is -0.187. The lowest BCUT2D eigenvalue weighted by atomic mass is 9.95. The van der Waals surface area contributed by atoms with Crippen molar-refractivity contribution in [1.82, 2.24) is 5.32 Å². The molecule has 0 spiro atoms. The van der Waals surface area contributed by atoms with Crippen LogP contribution >= 0.6 is 11.8 Å². The van der Waals surface area contributed by atoms with E-state index in [2.05, 4.69) is 17.4 Å². The Morgan fingerprint density at radius 3 is 2.60 bits per heavy atom. The molecular weight excluding hydrogens is 334 g/mol. The van der Waals surface area contributed by atoms with E-state index in [4.69, 9.17) is 4.74 Å².